The predicted octanol–water partition coefficient (Wildman–Crippen LogP) is 5.74. The van der Waals surface area contributed by atoms with E-state index in [0.29, 0.717) is 0 Å². The van der Waals surface area contributed by atoms with Gasteiger partial charge in [-0.05, 0) is 11.5 Å². The first-order chi connectivity index (χ1) is 8.12. The van der Waals surface area contributed by atoms with Crippen molar-refractivity contribution in [3.05, 3.63) is 67.8 Å². The van der Waals surface area contributed by atoms with E-state index >= 15 is 0 Å². The molecule has 0 aliphatic carbocycles. The molecular weight excluding hydrogens is 204 g/mol. The molecule has 1 aromatic rings. The highest BCUT2D eigenvalue weighted by Crippen LogP contribution is 1.97. The van der Waals surface area contributed by atoms with Crippen molar-refractivity contribution < 1.29 is 0 Å². The molecule has 1 aromatic carbocycles. The molecule has 0 aromatic heterocycles. The van der Waals surface area contributed by atoms with Crippen LogP contribution >= 0.6 is 0 Å². The van der Waals surface area contributed by atoms with Crippen LogP contribution in [0.5, 0.6) is 0 Å². The average Bonchev–Trinajstić information content (AvgIpc) is 2.40. The third-order valence-electron chi connectivity index (χ3n) is 2.02. The van der Waals surface area contributed by atoms with Gasteiger partial charge in [-0.3, -0.25) is 0 Å². The Hall–Kier alpha value is -1.56. The molecule has 0 saturated carbocycles. The van der Waals surface area contributed by atoms with Gasteiger partial charge in [0, 0.05) is 0 Å². The summed E-state index contributed by atoms with van der Waals surface area (Å²) in [5, 5.41) is 0. The summed E-state index contributed by atoms with van der Waals surface area (Å²) in [5.41, 5.74) is 1.17. The van der Waals surface area contributed by atoms with Crippen molar-refractivity contribution in [1.82, 2.24) is 0 Å². The van der Waals surface area contributed by atoms with Gasteiger partial charge in [-0.2, -0.15) is 0 Å². The summed E-state index contributed by atoms with van der Waals surface area (Å²) >= 11 is 0. The molecule has 0 atom stereocenters. The van der Waals surface area contributed by atoms with Crippen LogP contribution in [0.1, 0.15) is 32.8 Å². The second-order valence-corrected chi connectivity index (χ2v) is 3.89. The SMILES string of the molecule is C=CC=C.C=Cc1ccccc1.CCC(C)C. The van der Waals surface area contributed by atoms with Gasteiger partial charge in [0.15, 0.2) is 0 Å². The second kappa shape index (κ2) is 14.4. The molecule has 0 spiro atoms. The van der Waals surface area contributed by atoms with Crippen LogP contribution in [0.15, 0.2) is 62.2 Å². The Morgan fingerprint density at radius 2 is 1.41 bits per heavy atom. The number of hydrogen-bond acceptors (Lipinski definition) is 0. The fraction of sp³-hybridized carbons (Fsp3) is 0.294. The summed E-state index contributed by atoms with van der Waals surface area (Å²) < 4.78 is 0. The molecule has 0 aliphatic heterocycles. The molecule has 0 radical (unpaired) electrons. The van der Waals surface area contributed by atoms with Crippen LogP contribution in [0.25, 0.3) is 6.08 Å². The monoisotopic (exact) mass is 230 g/mol. The molecular formula is C17H26. The van der Waals surface area contributed by atoms with Gasteiger partial charge < -0.3 is 0 Å². The molecule has 0 fully saturated rings. The van der Waals surface area contributed by atoms with Crippen LogP contribution in [0.4, 0.5) is 0 Å². The maximum atomic E-state index is 3.63. The van der Waals surface area contributed by atoms with Crippen molar-refractivity contribution in [1.29, 1.82) is 0 Å². The molecule has 0 bridgehead atoms. The van der Waals surface area contributed by atoms with E-state index in [1.807, 2.05) is 36.4 Å². The third kappa shape index (κ3) is 17.1. The molecule has 17 heavy (non-hydrogen) atoms. The van der Waals surface area contributed by atoms with E-state index < -0.39 is 0 Å². The molecule has 0 heteroatoms. The first-order valence-electron chi connectivity index (χ1n) is 6.03. The van der Waals surface area contributed by atoms with Crippen LogP contribution in [0.3, 0.4) is 0 Å². The van der Waals surface area contributed by atoms with E-state index in [-0.39, 0.29) is 0 Å². The minimum atomic E-state index is 0.884. The number of allylic oxidation sites excluding steroid dienone is 2. The Balaban J connectivity index is 0. The van der Waals surface area contributed by atoms with E-state index in [9.17, 15) is 0 Å². The summed E-state index contributed by atoms with van der Waals surface area (Å²) in [7, 11) is 0. The van der Waals surface area contributed by atoms with E-state index in [2.05, 4.69) is 40.5 Å². The van der Waals surface area contributed by atoms with Crippen molar-refractivity contribution in [2.24, 2.45) is 5.92 Å². The topological polar surface area (TPSA) is 0 Å². The summed E-state index contributed by atoms with van der Waals surface area (Å²) in [6.45, 7) is 17.0. The fourth-order valence-corrected chi connectivity index (χ4v) is 0.589. The quantitative estimate of drug-likeness (QED) is 0.581. The van der Waals surface area contributed by atoms with E-state index in [1.165, 1.54) is 12.0 Å². The molecule has 0 nitrogen and oxygen atoms in total. The summed E-state index contributed by atoms with van der Waals surface area (Å²) in [4.78, 5) is 0. The lowest BCUT2D eigenvalue weighted by Gasteiger charge is -1.90. The van der Waals surface area contributed by atoms with Gasteiger partial charge in [0.05, 0.1) is 0 Å². The normalized spacial score (nSPS) is 8.00. The highest BCUT2D eigenvalue weighted by molar-refractivity contribution is 5.45. The van der Waals surface area contributed by atoms with Crippen LogP contribution in [0, 0.1) is 5.92 Å². The second-order valence-electron chi connectivity index (χ2n) is 3.89. The molecule has 0 aliphatic rings. The molecule has 1 rings (SSSR count). The summed E-state index contributed by atoms with van der Waals surface area (Å²) in [6, 6.07) is 10.0. The highest BCUT2D eigenvalue weighted by Gasteiger charge is 1.80. The third-order valence-corrected chi connectivity index (χ3v) is 2.02. The zero-order valence-corrected chi connectivity index (χ0v) is 11.5. The zero-order valence-electron chi connectivity index (χ0n) is 11.5. The number of hydrogen-bond donors (Lipinski definition) is 0. The lowest BCUT2D eigenvalue weighted by atomic mass is 10.2. The van der Waals surface area contributed by atoms with Crippen molar-refractivity contribution in [2.75, 3.05) is 0 Å². The first-order valence-corrected chi connectivity index (χ1v) is 6.03. The largest absolute Gasteiger partial charge is 0.0991 e. The molecule has 0 unspecified atom stereocenters. The van der Waals surface area contributed by atoms with Gasteiger partial charge in [-0.15, -0.1) is 0 Å². The fourth-order valence-electron chi connectivity index (χ4n) is 0.589. The lowest BCUT2D eigenvalue weighted by molar-refractivity contribution is 0.626. The van der Waals surface area contributed by atoms with E-state index in [0.717, 1.165) is 5.92 Å². The maximum absolute atomic E-state index is 3.63. The lowest BCUT2D eigenvalue weighted by Crippen LogP contribution is -1.77. The minimum absolute atomic E-state index is 0.884. The predicted molar refractivity (Wildman–Crippen MR) is 82.1 cm³/mol. The molecule has 0 saturated heterocycles. The van der Waals surface area contributed by atoms with Crippen molar-refractivity contribution in [3.8, 4) is 0 Å². The Labute approximate surface area is 107 Å². The van der Waals surface area contributed by atoms with Gasteiger partial charge in [0.1, 0.15) is 0 Å². The summed E-state index contributed by atoms with van der Waals surface area (Å²) in [5.74, 6) is 0.884. The average molecular weight is 230 g/mol. The van der Waals surface area contributed by atoms with Gasteiger partial charge in [0.25, 0.3) is 0 Å². The van der Waals surface area contributed by atoms with Gasteiger partial charge in [0.2, 0.25) is 0 Å². The Bertz CT molecular complexity index is 274. The van der Waals surface area contributed by atoms with E-state index in [4.69, 9.17) is 0 Å². The van der Waals surface area contributed by atoms with Crippen molar-refractivity contribution in [2.45, 2.75) is 27.2 Å². The number of rotatable bonds is 3. The van der Waals surface area contributed by atoms with Gasteiger partial charge in [-0.25, -0.2) is 0 Å². The Morgan fingerprint density at radius 3 is 1.59 bits per heavy atom. The molecule has 0 heterocycles. The molecule has 0 N–H and O–H groups in total. The number of benzene rings is 1. The standard InChI is InChI=1S/C8H8.C5H12.C4H6/c1-2-8-6-4-3-5-7-8;1-4-5(2)3;1-3-4-2/h2-7H,1H2;5H,4H2,1-3H3;3-4H,1-2H2. The van der Waals surface area contributed by atoms with Crippen LogP contribution in [-0.4, -0.2) is 0 Å². The molecule has 0 amide bonds. The zero-order chi connectivity index (χ0) is 13.5. The maximum Gasteiger partial charge on any atom is -0.0263 e. The van der Waals surface area contributed by atoms with Gasteiger partial charge >= 0.3 is 0 Å². The summed E-state index contributed by atoms with van der Waals surface area (Å²) in [6.07, 6.45) is 6.42. The van der Waals surface area contributed by atoms with Crippen LogP contribution < -0.4 is 0 Å². The van der Waals surface area contributed by atoms with Gasteiger partial charge in [-0.1, -0.05) is 95.5 Å². The van der Waals surface area contributed by atoms with Crippen molar-refractivity contribution in [3.63, 3.8) is 0 Å². The Morgan fingerprint density at radius 1 is 1.00 bits per heavy atom. The highest BCUT2D eigenvalue weighted by atomic mass is 13.9. The Kier molecular flexibility index (Phi) is 15.1. The minimum Gasteiger partial charge on any atom is -0.0991 e. The smallest absolute Gasteiger partial charge is 0.0263 e. The van der Waals surface area contributed by atoms with Crippen molar-refractivity contribution >= 4 is 6.08 Å². The first kappa shape index (κ1) is 17.8. The van der Waals surface area contributed by atoms with Crippen LogP contribution in [-0.2, 0) is 0 Å². The van der Waals surface area contributed by atoms with E-state index in [1.54, 1.807) is 12.2 Å². The molecule has 94 valence electrons. The van der Waals surface area contributed by atoms with Crippen LogP contribution in [0.2, 0.25) is 0 Å².